The predicted molar refractivity (Wildman–Crippen MR) is 273 cm³/mol. The molecule has 1 aromatic heterocycles. The van der Waals surface area contributed by atoms with Gasteiger partial charge in [-0.05, 0) is 121 Å². The van der Waals surface area contributed by atoms with Crippen LogP contribution in [0.5, 0.6) is 0 Å². The third kappa shape index (κ3) is 7.13. The molecule has 0 aliphatic heterocycles. The van der Waals surface area contributed by atoms with Crippen LogP contribution in [0.15, 0.2) is 237 Å². The van der Waals surface area contributed by atoms with Crippen molar-refractivity contribution < 1.29 is 0 Å². The van der Waals surface area contributed by atoms with E-state index < -0.39 is 0 Å². The average molecular weight is 821 g/mol. The lowest BCUT2D eigenvalue weighted by Crippen LogP contribution is -2.10. The quantitative estimate of drug-likeness (QED) is 0.148. The van der Waals surface area contributed by atoms with Crippen molar-refractivity contribution in [2.45, 2.75) is 26.2 Å². The Morgan fingerprint density at radius 3 is 1.48 bits per heavy atom. The summed E-state index contributed by atoms with van der Waals surface area (Å²) in [7, 11) is 0. The Labute approximate surface area is 376 Å². The van der Waals surface area contributed by atoms with Crippen LogP contribution in [0.1, 0.15) is 26.3 Å². The van der Waals surface area contributed by atoms with Crippen LogP contribution >= 0.6 is 0 Å². The Balaban J connectivity index is 0.981. The molecule has 0 fully saturated rings. The summed E-state index contributed by atoms with van der Waals surface area (Å²) in [5.74, 6) is 0. The molecular formula is C62H48N2. The van der Waals surface area contributed by atoms with Crippen molar-refractivity contribution in [2.75, 3.05) is 4.90 Å². The van der Waals surface area contributed by atoms with Crippen molar-refractivity contribution in [3.05, 3.63) is 242 Å². The second-order valence-electron chi connectivity index (χ2n) is 17.8. The zero-order valence-electron chi connectivity index (χ0n) is 36.4. The molecule has 306 valence electrons. The van der Waals surface area contributed by atoms with E-state index in [2.05, 4.69) is 267 Å². The second kappa shape index (κ2) is 16.1. The van der Waals surface area contributed by atoms with Gasteiger partial charge in [-0.15, -0.1) is 0 Å². The third-order valence-electron chi connectivity index (χ3n) is 12.8. The van der Waals surface area contributed by atoms with Gasteiger partial charge in [0.1, 0.15) is 0 Å². The van der Waals surface area contributed by atoms with Crippen molar-refractivity contribution in [3.8, 4) is 50.2 Å². The van der Waals surface area contributed by atoms with E-state index >= 15 is 0 Å². The van der Waals surface area contributed by atoms with E-state index in [1.807, 2.05) is 0 Å². The van der Waals surface area contributed by atoms with Crippen molar-refractivity contribution in [1.29, 1.82) is 0 Å². The van der Waals surface area contributed by atoms with E-state index in [-0.39, 0.29) is 5.41 Å². The van der Waals surface area contributed by atoms with Crippen LogP contribution in [-0.2, 0) is 5.41 Å². The van der Waals surface area contributed by atoms with Crippen LogP contribution < -0.4 is 4.90 Å². The summed E-state index contributed by atoms with van der Waals surface area (Å²) in [5.41, 5.74) is 17.9. The predicted octanol–water partition coefficient (Wildman–Crippen LogP) is 17.4. The zero-order valence-corrected chi connectivity index (χ0v) is 36.4. The summed E-state index contributed by atoms with van der Waals surface area (Å²) in [6, 6.07) is 86.4. The number of hydrogen-bond acceptors (Lipinski definition) is 1. The first-order valence-electron chi connectivity index (χ1n) is 22.3. The van der Waals surface area contributed by atoms with Crippen LogP contribution in [0, 0.1) is 0 Å². The maximum atomic E-state index is 2.44. The molecule has 1 heterocycles. The van der Waals surface area contributed by atoms with Gasteiger partial charge in [0, 0.05) is 33.4 Å². The lowest BCUT2D eigenvalue weighted by atomic mass is 9.86. The van der Waals surface area contributed by atoms with Crippen molar-refractivity contribution in [1.82, 2.24) is 4.57 Å². The maximum Gasteiger partial charge on any atom is 0.0541 e. The van der Waals surface area contributed by atoms with E-state index in [1.54, 1.807) is 0 Å². The molecule has 0 atom stereocenters. The fourth-order valence-corrected chi connectivity index (χ4v) is 9.43. The molecular weight excluding hydrogens is 773 g/mol. The van der Waals surface area contributed by atoms with Gasteiger partial charge in [0.25, 0.3) is 0 Å². The average Bonchev–Trinajstić information content (AvgIpc) is 3.68. The van der Waals surface area contributed by atoms with E-state index in [4.69, 9.17) is 0 Å². The highest BCUT2D eigenvalue weighted by atomic mass is 15.1. The van der Waals surface area contributed by atoms with E-state index in [1.165, 1.54) is 77.1 Å². The monoisotopic (exact) mass is 820 g/mol. The summed E-state index contributed by atoms with van der Waals surface area (Å²) in [6.45, 7) is 6.80. The molecule has 0 unspecified atom stereocenters. The third-order valence-corrected chi connectivity index (χ3v) is 12.8. The smallest absolute Gasteiger partial charge is 0.0541 e. The van der Waals surface area contributed by atoms with Gasteiger partial charge in [-0.2, -0.15) is 0 Å². The topological polar surface area (TPSA) is 8.17 Å². The maximum absolute atomic E-state index is 2.44. The SMILES string of the molecule is CC(C)(C)c1ccc(-c2ccc3c(c2)c2ccccc2n3-c2ccccc2-c2ccc(N(c3ccc(-c4ccccc4)cc3)c3ccc(-c4cccc5ccccc45)cc3)cc2)cc1. The molecule has 2 nitrogen and oxygen atoms in total. The Morgan fingerprint density at radius 1 is 0.328 bits per heavy atom. The highest BCUT2D eigenvalue weighted by molar-refractivity contribution is 6.11. The lowest BCUT2D eigenvalue weighted by molar-refractivity contribution is 0.590. The van der Waals surface area contributed by atoms with Crippen LogP contribution in [0.4, 0.5) is 17.1 Å². The van der Waals surface area contributed by atoms with Gasteiger partial charge in [-0.3, -0.25) is 0 Å². The van der Waals surface area contributed by atoms with E-state index in [0.717, 1.165) is 28.3 Å². The molecule has 0 saturated carbocycles. The van der Waals surface area contributed by atoms with Gasteiger partial charge in [-0.25, -0.2) is 0 Å². The molecule has 0 radical (unpaired) electrons. The first-order valence-corrected chi connectivity index (χ1v) is 22.3. The van der Waals surface area contributed by atoms with Gasteiger partial charge in [0.2, 0.25) is 0 Å². The molecule has 0 aliphatic rings. The molecule has 10 aromatic carbocycles. The molecule has 0 amide bonds. The van der Waals surface area contributed by atoms with E-state index in [0.29, 0.717) is 0 Å². The van der Waals surface area contributed by atoms with Gasteiger partial charge < -0.3 is 9.47 Å². The van der Waals surface area contributed by atoms with Gasteiger partial charge in [0.05, 0.1) is 16.7 Å². The standard InChI is InChI=1S/C62H48N2/c1-62(2,3)50-33-24-45(25-34-50)49-32-41-61-58(42-49)57-20-10-12-23-60(57)64(61)59-22-11-9-19-56(59)48-30-39-53(40-31-48)63(51-35-26-44(27-36-51)43-14-5-4-6-15-43)52-37-28-47(29-38-52)55-21-13-17-46-16-7-8-18-54(46)55/h4-42H,1-3H3. The van der Waals surface area contributed by atoms with Crippen LogP contribution in [0.2, 0.25) is 0 Å². The van der Waals surface area contributed by atoms with Crippen LogP contribution in [-0.4, -0.2) is 4.57 Å². The summed E-state index contributed by atoms with van der Waals surface area (Å²) in [5, 5.41) is 5.00. The molecule has 0 spiro atoms. The Morgan fingerprint density at radius 2 is 0.797 bits per heavy atom. The Kier molecular flexibility index (Phi) is 9.78. The summed E-state index contributed by atoms with van der Waals surface area (Å²) < 4.78 is 2.44. The van der Waals surface area contributed by atoms with Crippen molar-refractivity contribution in [2.24, 2.45) is 0 Å². The molecule has 64 heavy (non-hydrogen) atoms. The number of fused-ring (bicyclic) bond motifs is 4. The molecule has 11 rings (SSSR count). The van der Waals surface area contributed by atoms with Gasteiger partial charge in [0.15, 0.2) is 0 Å². The number of nitrogens with zero attached hydrogens (tertiary/aromatic N) is 2. The van der Waals surface area contributed by atoms with Crippen molar-refractivity contribution in [3.63, 3.8) is 0 Å². The number of para-hydroxylation sites is 2. The fraction of sp³-hybridized carbons (Fsp3) is 0.0645. The Hall–Kier alpha value is -7.94. The van der Waals surface area contributed by atoms with Crippen molar-refractivity contribution >= 4 is 49.6 Å². The van der Waals surface area contributed by atoms with Gasteiger partial charge in [-0.1, -0.05) is 197 Å². The number of rotatable bonds is 8. The lowest BCUT2D eigenvalue weighted by Gasteiger charge is -2.26. The highest BCUT2D eigenvalue weighted by Gasteiger charge is 2.19. The molecule has 0 bridgehead atoms. The fourth-order valence-electron chi connectivity index (χ4n) is 9.43. The summed E-state index contributed by atoms with van der Waals surface area (Å²) >= 11 is 0. The molecule has 0 saturated heterocycles. The normalized spacial score (nSPS) is 11.7. The largest absolute Gasteiger partial charge is 0.311 e. The molecule has 0 aliphatic carbocycles. The van der Waals surface area contributed by atoms with Crippen LogP contribution in [0.3, 0.4) is 0 Å². The summed E-state index contributed by atoms with van der Waals surface area (Å²) in [6.07, 6.45) is 0. The minimum Gasteiger partial charge on any atom is -0.311 e. The minimum absolute atomic E-state index is 0.115. The molecule has 2 heteroatoms. The summed E-state index contributed by atoms with van der Waals surface area (Å²) in [4.78, 5) is 2.36. The second-order valence-corrected chi connectivity index (χ2v) is 17.8. The first-order chi connectivity index (χ1) is 31.4. The van der Waals surface area contributed by atoms with Crippen LogP contribution in [0.25, 0.3) is 82.8 Å². The Bertz CT molecular complexity index is 3420. The number of hydrogen-bond donors (Lipinski definition) is 0. The molecule has 0 N–H and O–H groups in total. The zero-order chi connectivity index (χ0) is 43.2. The number of anilines is 3. The van der Waals surface area contributed by atoms with E-state index in [9.17, 15) is 0 Å². The molecule has 11 aromatic rings. The minimum atomic E-state index is 0.115. The number of benzene rings is 10. The highest BCUT2D eigenvalue weighted by Crippen LogP contribution is 2.41. The number of aromatic nitrogens is 1. The first kappa shape index (κ1) is 38.9. The van der Waals surface area contributed by atoms with Gasteiger partial charge >= 0.3 is 0 Å².